The Bertz CT molecular complexity index is 3850. The molecule has 19 nitrogen and oxygen atoms in total. The molecular formula is C93H134N6O13. The monoisotopic (exact) mass is 1540 g/mol. The number of rotatable bonds is 15. The molecule has 19 heteroatoms. The fourth-order valence-electron chi connectivity index (χ4n) is 28.4. The Hall–Kier alpha value is -6.02. The highest BCUT2D eigenvalue weighted by atomic mass is 16.6. The number of alkyl carbamates (subject to hydrolysis) is 3. The van der Waals surface area contributed by atoms with E-state index >= 15 is 0 Å². The summed E-state index contributed by atoms with van der Waals surface area (Å²) in [7, 11) is 0. The van der Waals surface area contributed by atoms with E-state index in [9.17, 15) is 33.9 Å². The maximum Gasteiger partial charge on any atom is 0.407 e. The zero-order chi connectivity index (χ0) is 77.8. The largest absolute Gasteiger partial charge is 0.446 e. The number of amides is 3. The third kappa shape index (κ3) is 15.5. The molecule has 15 aliphatic rings. The van der Waals surface area contributed by atoms with Gasteiger partial charge in [-0.15, -0.1) is 0 Å². The van der Waals surface area contributed by atoms with Crippen molar-refractivity contribution in [3.05, 3.63) is 126 Å². The predicted molar refractivity (Wildman–Crippen MR) is 432 cm³/mol. The summed E-state index contributed by atoms with van der Waals surface area (Å²) in [6, 6.07) is 10.5. The van der Waals surface area contributed by atoms with Crippen LogP contribution in [0.3, 0.4) is 0 Å². The molecule has 18 rings (SSSR count). The average molecular weight is 1540 g/mol. The van der Waals surface area contributed by atoms with Gasteiger partial charge in [0.1, 0.15) is 18.3 Å². The molecule has 0 radical (unpaired) electrons. The van der Waals surface area contributed by atoms with Crippen LogP contribution >= 0.6 is 0 Å². The van der Waals surface area contributed by atoms with E-state index in [1.807, 2.05) is 18.2 Å². The van der Waals surface area contributed by atoms with E-state index in [0.29, 0.717) is 95.6 Å². The third-order valence-electron chi connectivity index (χ3n) is 34.7. The Labute approximate surface area is 665 Å². The second-order valence-corrected chi connectivity index (χ2v) is 39.8. The van der Waals surface area contributed by atoms with Crippen molar-refractivity contribution in [1.82, 2.24) is 30.7 Å². The molecule has 3 aromatic rings. The minimum Gasteiger partial charge on any atom is -0.446 e. The number of allylic oxidation sites excluding steroid dienone is 4. The lowest BCUT2D eigenvalue weighted by atomic mass is 9.43. The second-order valence-electron chi connectivity index (χ2n) is 39.8. The minimum atomic E-state index is -0.687. The molecule has 4 N–H and O–H groups in total. The molecule has 112 heavy (non-hydrogen) atoms. The molecule has 0 aromatic carbocycles. The highest BCUT2D eigenvalue weighted by Crippen LogP contribution is 2.73. The van der Waals surface area contributed by atoms with Crippen LogP contribution < -0.4 is 32.8 Å². The van der Waals surface area contributed by atoms with Crippen molar-refractivity contribution < 1.29 is 47.0 Å². The molecule has 10 saturated carbocycles. The molecular weight excluding hydrogens is 1410 g/mol. The summed E-state index contributed by atoms with van der Waals surface area (Å²) in [5.74, 6) is 6.39. The number of nitrogens with one attached hydrogen (secondary N) is 3. The smallest absolute Gasteiger partial charge is 0.407 e. The fraction of sp³-hybridized carbons (Fsp3) is 0.763. The summed E-state index contributed by atoms with van der Waals surface area (Å²) in [6.45, 7) is 26.4. The van der Waals surface area contributed by atoms with Crippen LogP contribution in [0.2, 0.25) is 0 Å². The maximum atomic E-state index is 12.5. The van der Waals surface area contributed by atoms with Gasteiger partial charge in [-0.2, -0.15) is 0 Å². The number of hydrogen-bond donors (Lipinski definition) is 4. The first-order valence-corrected chi connectivity index (χ1v) is 44.9. The molecule has 3 saturated heterocycles. The average Bonchev–Trinajstić information content (AvgIpc) is 1.49. The number of fused-ring (bicyclic) bond motifs is 15. The fourth-order valence-corrected chi connectivity index (χ4v) is 28.4. The van der Waals surface area contributed by atoms with Crippen LogP contribution in [0.1, 0.15) is 275 Å². The number of carbonyl (C=O) groups is 3. The first kappa shape index (κ1) is 79.8. The number of carbonyl (C=O) groups excluding carboxylic acids is 3. The van der Waals surface area contributed by atoms with Crippen LogP contribution in [-0.2, 0) is 14.2 Å². The van der Waals surface area contributed by atoms with Crippen LogP contribution in [0.4, 0.5) is 14.4 Å². The molecule has 12 aliphatic carbocycles. The summed E-state index contributed by atoms with van der Waals surface area (Å²) in [5.41, 5.74) is 6.17. The van der Waals surface area contributed by atoms with E-state index in [4.69, 9.17) is 27.5 Å². The van der Waals surface area contributed by atoms with E-state index in [1.54, 1.807) is 42.1 Å². The standard InChI is InChI=1S/C31H46N2O5.2C31H44N2O4/c1-29-12-9-23(38-28(35)32-15-18-33-16-3-4-17-33)19-22(29)6-7-26-25(29)10-13-30(2)24(11-14-31(26,30)36)21-5-8-27(34)37-20-21;2*1-30-13-11-23(37-29(35)32-15-18-33-16-3-4-17-33)19-22(30)6-7-24-26-9-8-25(21-5-10-28(34)36-20-21)31(26,2)14-12-27(24)30/h5,8,20,22-26,36H,3-4,6-7,9-19H2,1-2H3,(H,32,35);2*5,9-10,20,22-25,27H,3-4,6-8,11-19H2,1-2H3,(H,32,35)/t22-,23+,24-,25+,26-,29+,30-,31+;2*22-,23+,24+,25-,27+,30+,31-/m111/s1. The lowest BCUT2D eigenvalue weighted by molar-refractivity contribution is -0.205. The molecule has 6 heterocycles. The van der Waals surface area contributed by atoms with E-state index in [1.165, 1.54) is 107 Å². The molecule has 13 fully saturated rings. The van der Waals surface area contributed by atoms with Crippen molar-refractivity contribution in [1.29, 1.82) is 0 Å². The van der Waals surface area contributed by atoms with Gasteiger partial charge in [-0.05, 0) is 371 Å². The predicted octanol–water partition coefficient (Wildman–Crippen LogP) is 16.8. The van der Waals surface area contributed by atoms with Gasteiger partial charge in [-0.1, -0.05) is 64.8 Å². The minimum absolute atomic E-state index is 0.00282. The summed E-state index contributed by atoms with van der Waals surface area (Å²) >= 11 is 0. The number of aliphatic hydroxyl groups is 1. The number of nitrogens with zero attached hydrogens (tertiary/aromatic N) is 3. The summed E-state index contributed by atoms with van der Waals surface area (Å²) in [5, 5.41) is 21.4. The van der Waals surface area contributed by atoms with Crippen molar-refractivity contribution in [3.63, 3.8) is 0 Å². The van der Waals surface area contributed by atoms with Crippen LogP contribution in [-0.4, -0.2) is 141 Å². The topological polar surface area (TPSA) is 236 Å². The molecule has 3 amide bonds. The molecule has 0 unspecified atom stereocenters. The maximum absolute atomic E-state index is 12.5. The van der Waals surface area contributed by atoms with Crippen LogP contribution in [0.25, 0.3) is 0 Å². The Morgan fingerprint density at radius 1 is 0.411 bits per heavy atom. The van der Waals surface area contributed by atoms with Crippen LogP contribution in [0.15, 0.2) is 106 Å². The van der Waals surface area contributed by atoms with Crippen LogP contribution in [0, 0.1) is 85.8 Å². The summed E-state index contributed by atoms with van der Waals surface area (Å²) in [6.07, 6.45) is 44.3. The van der Waals surface area contributed by atoms with Crippen molar-refractivity contribution >= 4 is 18.3 Å². The van der Waals surface area contributed by atoms with Crippen molar-refractivity contribution in [2.75, 3.05) is 78.5 Å². The van der Waals surface area contributed by atoms with Crippen LogP contribution in [0.5, 0.6) is 0 Å². The van der Waals surface area contributed by atoms with Gasteiger partial charge in [0.15, 0.2) is 0 Å². The van der Waals surface area contributed by atoms with Gasteiger partial charge in [-0.25, -0.2) is 28.8 Å². The Morgan fingerprint density at radius 3 is 1.14 bits per heavy atom. The van der Waals surface area contributed by atoms with Gasteiger partial charge < -0.3 is 63.2 Å². The summed E-state index contributed by atoms with van der Waals surface area (Å²) in [4.78, 5) is 79.3. The third-order valence-corrected chi connectivity index (χ3v) is 34.7. The zero-order valence-electron chi connectivity index (χ0n) is 68.6. The van der Waals surface area contributed by atoms with Crippen molar-refractivity contribution in [2.45, 2.75) is 282 Å². The molecule has 3 aliphatic heterocycles. The van der Waals surface area contributed by atoms with Gasteiger partial charge in [0.05, 0.1) is 24.4 Å². The molecule has 22 atom stereocenters. The quantitative estimate of drug-likeness (QED) is 0.0818. The molecule has 614 valence electrons. The number of hydrogen-bond acceptors (Lipinski definition) is 16. The number of ether oxygens (including phenoxy) is 3. The van der Waals surface area contributed by atoms with Crippen molar-refractivity contribution in [2.24, 2.45) is 85.8 Å². The van der Waals surface area contributed by atoms with E-state index in [-0.39, 0.29) is 81.0 Å². The van der Waals surface area contributed by atoms with Gasteiger partial charge in [0.25, 0.3) is 0 Å². The Balaban J connectivity index is 0.000000127. The summed E-state index contributed by atoms with van der Waals surface area (Å²) < 4.78 is 33.5. The highest BCUT2D eigenvalue weighted by molar-refractivity contribution is 5.68. The van der Waals surface area contributed by atoms with Gasteiger partial charge in [0, 0.05) is 62.9 Å². The van der Waals surface area contributed by atoms with E-state index < -0.39 is 5.60 Å². The Morgan fingerprint density at radius 2 is 0.768 bits per heavy atom. The lowest BCUT2D eigenvalue weighted by Crippen LogP contribution is -2.62. The van der Waals surface area contributed by atoms with Crippen molar-refractivity contribution in [3.8, 4) is 0 Å². The first-order valence-electron chi connectivity index (χ1n) is 44.9. The lowest BCUT2D eigenvalue weighted by Gasteiger charge is -2.63. The first-order chi connectivity index (χ1) is 54.0. The normalized spacial score (nSPS) is 40.4. The Kier molecular flexibility index (Phi) is 23.4. The van der Waals surface area contributed by atoms with E-state index in [0.717, 1.165) is 174 Å². The molecule has 0 bridgehead atoms. The molecule has 0 spiro atoms. The SMILES string of the molecule is C[C@]12CC[C@H](OC(=O)NCCN3CCCC3)C[C@H]1CC[C@@H]1[C@@H]2CC[C@]2(C)[C@@H](c3ccc(=O)oc3)CC[C@]12O.C[C@]12CC[C@H](OC(=O)NCCN3CCCC3)C[C@H]1CC[C@H]1C3=CC[C@H](c4ccc(=O)oc4)[C@@]3(C)CC[C@@H]12.C[C@]12CC[C@H](OC(=O)NCCN3CCCC3)C[C@H]1CC[C@H]1C3=CC[C@H](c4ccc(=O)oc4)[C@@]3(C)CC[C@@H]12. The van der Waals surface area contributed by atoms with Gasteiger partial charge in [0.2, 0.25) is 0 Å². The number of likely N-dealkylation sites (tertiary alicyclic amines) is 3. The van der Waals surface area contributed by atoms with Gasteiger partial charge in [-0.3, -0.25) is 0 Å². The zero-order valence-corrected chi connectivity index (χ0v) is 68.6. The molecule has 3 aromatic heterocycles. The highest BCUT2D eigenvalue weighted by Gasteiger charge is 2.68. The van der Waals surface area contributed by atoms with E-state index in [2.05, 4.69) is 84.3 Å². The van der Waals surface area contributed by atoms with Gasteiger partial charge >= 0.3 is 35.2 Å². The second kappa shape index (κ2) is 32.8.